The number of sulfonamides is 1. The maximum Gasteiger partial charge on any atom is 0.243 e. The molecule has 0 radical (unpaired) electrons. The molecule has 0 amide bonds. The molecule has 0 spiro atoms. The lowest BCUT2D eigenvalue weighted by atomic mass is 10.0. The molecule has 1 aromatic rings. The Hall–Kier alpha value is -0.800. The summed E-state index contributed by atoms with van der Waals surface area (Å²) in [6, 6.07) is 6.44. The van der Waals surface area contributed by atoms with Crippen LogP contribution in [0.3, 0.4) is 0 Å². The molecule has 0 unspecified atom stereocenters. The summed E-state index contributed by atoms with van der Waals surface area (Å²) in [6.07, 6.45) is 1.13. The quantitative estimate of drug-likeness (QED) is 0.842. The standard InChI is InChI=1S/C12H12Cl2N2O2S/c13-11-2-1-10(7-12(11)14)19(17,18)16-5-3-9(8-15)4-6-16/h1-2,7,9H,3-6H2. The second-order valence-electron chi connectivity index (χ2n) is 4.38. The number of nitrogens with zero attached hydrogens (tertiary/aromatic N) is 2. The number of hydrogen-bond donors (Lipinski definition) is 0. The van der Waals surface area contributed by atoms with Crippen molar-refractivity contribution in [3.63, 3.8) is 0 Å². The molecule has 0 bridgehead atoms. The number of hydrogen-bond acceptors (Lipinski definition) is 3. The highest BCUT2D eigenvalue weighted by atomic mass is 35.5. The molecule has 2 rings (SSSR count). The van der Waals surface area contributed by atoms with E-state index in [2.05, 4.69) is 6.07 Å². The van der Waals surface area contributed by atoms with E-state index in [-0.39, 0.29) is 15.8 Å². The number of rotatable bonds is 2. The molecule has 1 saturated heterocycles. The van der Waals surface area contributed by atoms with E-state index in [0.29, 0.717) is 31.0 Å². The molecular weight excluding hydrogens is 307 g/mol. The molecule has 102 valence electrons. The number of nitriles is 1. The van der Waals surface area contributed by atoms with Gasteiger partial charge in [-0.15, -0.1) is 0 Å². The van der Waals surface area contributed by atoms with Crippen molar-refractivity contribution in [2.45, 2.75) is 17.7 Å². The molecule has 4 nitrogen and oxygen atoms in total. The van der Waals surface area contributed by atoms with Gasteiger partial charge in [0.15, 0.2) is 0 Å². The first-order valence-electron chi connectivity index (χ1n) is 5.80. The lowest BCUT2D eigenvalue weighted by molar-refractivity contribution is 0.310. The molecule has 1 fully saturated rings. The fourth-order valence-electron chi connectivity index (χ4n) is 2.01. The van der Waals surface area contributed by atoms with Crippen molar-refractivity contribution in [2.24, 2.45) is 5.92 Å². The van der Waals surface area contributed by atoms with Crippen LogP contribution in [0, 0.1) is 17.2 Å². The molecule has 1 aliphatic heterocycles. The fraction of sp³-hybridized carbons (Fsp3) is 0.417. The third-order valence-electron chi connectivity index (χ3n) is 3.17. The minimum absolute atomic E-state index is 0.0553. The van der Waals surface area contributed by atoms with Crippen molar-refractivity contribution >= 4 is 33.2 Å². The number of piperidine rings is 1. The first-order valence-corrected chi connectivity index (χ1v) is 7.99. The van der Waals surface area contributed by atoms with E-state index in [1.54, 1.807) is 0 Å². The van der Waals surface area contributed by atoms with E-state index in [1.165, 1.54) is 22.5 Å². The Morgan fingerprint density at radius 3 is 2.37 bits per heavy atom. The molecule has 7 heteroatoms. The van der Waals surface area contributed by atoms with Gasteiger partial charge in [-0.25, -0.2) is 8.42 Å². The van der Waals surface area contributed by atoms with Gasteiger partial charge < -0.3 is 0 Å². The van der Waals surface area contributed by atoms with Crippen molar-refractivity contribution in [1.29, 1.82) is 5.26 Å². The van der Waals surface area contributed by atoms with Crippen molar-refractivity contribution in [3.05, 3.63) is 28.2 Å². The van der Waals surface area contributed by atoms with Gasteiger partial charge in [-0.3, -0.25) is 0 Å². The first-order chi connectivity index (χ1) is 8.95. The predicted octanol–water partition coefficient (Wildman–Crippen LogP) is 2.92. The summed E-state index contributed by atoms with van der Waals surface area (Å²) in [4.78, 5) is 0.136. The van der Waals surface area contributed by atoms with Gasteiger partial charge in [0.1, 0.15) is 0 Å². The Morgan fingerprint density at radius 2 is 1.84 bits per heavy atom. The fourth-order valence-corrected chi connectivity index (χ4v) is 3.87. The van der Waals surface area contributed by atoms with Gasteiger partial charge in [0.2, 0.25) is 10.0 Å². The van der Waals surface area contributed by atoms with Crippen LogP contribution in [0.5, 0.6) is 0 Å². The maximum atomic E-state index is 12.4. The predicted molar refractivity (Wildman–Crippen MR) is 73.6 cm³/mol. The molecule has 1 aliphatic rings. The summed E-state index contributed by atoms with van der Waals surface area (Å²) in [7, 11) is -3.55. The molecule has 1 heterocycles. The Bertz CT molecular complexity index is 617. The van der Waals surface area contributed by atoms with Crippen LogP contribution in [0.2, 0.25) is 10.0 Å². The van der Waals surface area contributed by atoms with E-state index in [4.69, 9.17) is 28.5 Å². The number of benzene rings is 1. The number of halogens is 2. The average molecular weight is 319 g/mol. The summed E-state index contributed by atoms with van der Waals surface area (Å²) in [5.41, 5.74) is 0. The van der Waals surface area contributed by atoms with Crippen LogP contribution >= 0.6 is 23.2 Å². The van der Waals surface area contributed by atoms with Gasteiger partial charge >= 0.3 is 0 Å². The van der Waals surface area contributed by atoms with Gasteiger partial charge in [-0.1, -0.05) is 23.2 Å². The summed E-state index contributed by atoms with van der Waals surface area (Å²) in [6.45, 7) is 0.724. The largest absolute Gasteiger partial charge is 0.243 e. The van der Waals surface area contributed by atoms with Crippen molar-refractivity contribution in [3.8, 4) is 6.07 Å². The van der Waals surface area contributed by atoms with E-state index in [1.807, 2.05) is 0 Å². The zero-order valence-corrected chi connectivity index (χ0v) is 12.3. The minimum atomic E-state index is -3.55. The summed E-state index contributed by atoms with van der Waals surface area (Å²) in [5, 5.41) is 9.35. The van der Waals surface area contributed by atoms with Crippen LogP contribution < -0.4 is 0 Å². The van der Waals surface area contributed by atoms with Gasteiger partial charge in [-0.05, 0) is 31.0 Å². The van der Waals surface area contributed by atoms with Crippen LogP contribution in [0.15, 0.2) is 23.1 Å². The Balaban J connectivity index is 2.23. The maximum absolute atomic E-state index is 12.4. The van der Waals surface area contributed by atoms with E-state index >= 15 is 0 Å². The van der Waals surface area contributed by atoms with Crippen LogP contribution in [0.1, 0.15) is 12.8 Å². The molecular formula is C12H12Cl2N2O2S. The average Bonchev–Trinajstić information content (AvgIpc) is 2.41. The highest BCUT2D eigenvalue weighted by molar-refractivity contribution is 7.89. The molecule has 0 N–H and O–H groups in total. The smallest absolute Gasteiger partial charge is 0.207 e. The Kier molecular flexibility index (Phi) is 4.36. The van der Waals surface area contributed by atoms with Crippen molar-refractivity contribution in [2.75, 3.05) is 13.1 Å². The zero-order chi connectivity index (χ0) is 14.0. The van der Waals surface area contributed by atoms with Crippen LogP contribution in [0.25, 0.3) is 0 Å². The summed E-state index contributed by atoms with van der Waals surface area (Å²) in [5.74, 6) is -0.0553. The normalized spacial score (nSPS) is 18.2. The molecule has 0 saturated carbocycles. The third kappa shape index (κ3) is 3.03. The highest BCUT2D eigenvalue weighted by Gasteiger charge is 2.29. The molecule has 0 atom stereocenters. The monoisotopic (exact) mass is 318 g/mol. The van der Waals surface area contributed by atoms with Gasteiger partial charge in [0, 0.05) is 19.0 Å². The van der Waals surface area contributed by atoms with Crippen molar-refractivity contribution < 1.29 is 8.42 Å². The zero-order valence-electron chi connectivity index (χ0n) is 10.0. The lowest BCUT2D eigenvalue weighted by Crippen LogP contribution is -2.38. The highest BCUT2D eigenvalue weighted by Crippen LogP contribution is 2.28. The molecule has 1 aromatic carbocycles. The lowest BCUT2D eigenvalue weighted by Gasteiger charge is -2.28. The van der Waals surface area contributed by atoms with E-state index in [9.17, 15) is 8.42 Å². The minimum Gasteiger partial charge on any atom is -0.207 e. The third-order valence-corrected chi connectivity index (χ3v) is 5.80. The molecule has 0 aromatic heterocycles. The van der Waals surface area contributed by atoms with E-state index in [0.717, 1.165) is 0 Å². The first kappa shape index (κ1) is 14.6. The van der Waals surface area contributed by atoms with Crippen LogP contribution in [-0.2, 0) is 10.0 Å². The Labute approximate surface area is 122 Å². The topological polar surface area (TPSA) is 61.2 Å². The summed E-state index contributed by atoms with van der Waals surface area (Å²) < 4.78 is 26.2. The SMILES string of the molecule is N#CC1CCN(S(=O)(=O)c2ccc(Cl)c(Cl)c2)CC1. The summed E-state index contributed by atoms with van der Waals surface area (Å²) >= 11 is 11.6. The molecule has 0 aliphatic carbocycles. The van der Waals surface area contributed by atoms with Gasteiger partial charge in [0.25, 0.3) is 0 Å². The van der Waals surface area contributed by atoms with Gasteiger partial charge in [-0.2, -0.15) is 9.57 Å². The van der Waals surface area contributed by atoms with Crippen molar-refractivity contribution in [1.82, 2.24) is 4.31 Å². The van der Waals surface area contributed by atoms with Gasteiger partial charge in [0.05, 0.1) is 21.0 Å². The van der Waals surface area contributed by atoms with Crippen LogP contribution in [-0.4, -0.2) is 25.8 Å². The molecule has 19 heavy (non-hydrogen) atoms. The second kappa shape index (κ2) is 5.68. The van der Waals surface area contributed by atoms with Crippen LogP contribution in [0.4, 0.5) is 0 Å². The van der Waals surface area contributed by atoms with E-state index < -0.39 is 10.0 Å². The Morgan fingerprint density at radius 1 is 1.21 bits per heavy atom. The second-order valence-corrected chi connectivity index (χ2v) is 7.14.